The van der Waals surface area contributed by atoms with E-state index in [1.165, 1.54) is 0 Å². The fourth-order valence-electron chi connectivity index (χ4n) is 3.76. The van der Waals surface area contributed by atoms with Crippen LogP contribution in [-0.2, 0) is 6.54 Å². The molecule has 0 spiro atoms. The maximum absolute atomic E-state index is 9.28. The van der Waals surface area contributed by atoms with E-state index in [-0.39, 0.29) is 6.10 Å². The first-order valence-electron chi connectivity index (χ1n) is 9.56. The smallest absolute Gasteiger partial charge is 0.130 e. The van der Waals surface area contributed by atoms with Crippen LogP contribution in [0.2, 0.25) is 5.02 Å². The van der Waals surface area contributed by atoms with Crippen LogP contribution >= 0.6 is 11.6 Å². The summed E-state index contributed by atoms with van der Waals surface area (Å²) in [5, 5.41) is 10.9. The van der Waals surface area contributed by atoms with Crippen LogP contribution in [0, 0.1) is 18.3 Å². The molecule has 0 atom stereocenters. The average Bonchev–Trinajstić information content (AvgIpc) is 2.70. The molecule has 142 valence electrons. The van der Waals surface area contributed by atoms with Gasteiger partial charge in [-0.1, -0.05) is 29.8 Å². The van der Waals surface area contributed by atoms with Gasteiger partial charge in [-0.15, -0.1) is 0 Å². The van der Waals surface area contributed by atoms with Gasteiger partial charge < -0.3 is 4.74 Å². The predicted molar refractivity (Wildman–Crippen MR) is 112 cm³/mol. The molecule has 3 aromatic rings. The summed E-state index contributed by atoms with van der Waals surface area (Å²) in [6.07, 6.45) is 2.09. The van der Waals surface area contributed by atoms with Crippen LogP contribution in [-0.4, -0.2) is 29.1 Å². The van der Waals surface area contributed by atoms with Crippen molar-refractivity contribution < 1.29 is 4.74 Å². The van der Waals surface area contributed by atoms with Crippen molar-refractivity contribution >= 4 is 22.5 Å². The Balaban J connectivity index is 1.43. The van der Waals surface area contributed by atoms with Crippen molar-refractivity contribution in [2.75, 3.05) is 13.1 Å². The summed E-state index contributed by atoms with van der Waals surface area (Å²) in [5.74, 6) is 0.860. The Labute approximate surface area is 170 Å². The van der Waals surface area contributed by atoms with Crippen molar-refractivity contribution in [3.63, 3.8) is 0 Å². The minimum absolute atomic E-state index is 0.173. The van der Waals surface area contributed by atoms with E-state index in [4.69, 9.17) is 16.3 Å². The van der Waals surface area contributed by atoms with Crippen LogP contribution in [0.3, 0.4) is 0 Å². The number of halogens is 1. The third-order valence-corrected chi connectivity index (χ3v) is 5.46. The zero-order valence-corrected chi connectivity index (χ0v) is 16.6. The number of fused-ring (bicyclic) bond motifs is 1. The molecule has 0 amide bonds. The molecular weight excluding hydrogens is 370 g/mol. The van der Waals surface area contributed by atoms with Crippen molar-refractivity contribution in [2.45, 2.75) is 32.4 Å². The fourth-order valence-corrected chi connectivity index (χ4v) is 3.94. The van der Waals surface area contributed by atoms with Gasteiger partial charge >= 0.3 is 0 Å². The van der Waals surface area contributed by atoms with E-state index in [1.54, 1.807) is 0 Å². The monoisotopic (exact) mass is 391 g/mol. The lowest BCUT2D eigenvalue weighted by molar-refractivity contribution is 0.0978. The van der Waals surface area contributed by atoms with Crippen LogP contribution in [0.5, 0.6) is 5.75 Å². The third-order valence-electron chi connectivity index (χ3n) is 5.22. The highest BCUT2D eigenvalue weighted by Crippen LogP contribution is 2.30. The normalized spacial score (nSPS) is 15.5. The summed E-state index contributed by atoms with van der Waals surface area (Å²) in [5.41, 5.74) is 3.70. The molecule has 0 bridgehead atoms. The highest BCUT2D eigenvalue weighted by molar-refractivity contribution is 6.31. The lowest BCUT2D eigenvalue weighted by Crippen LogP contribution is -2.38. The minimum Gasteiger partial charge on any atom is -0.490 e. The molecule has 0 N–H and O–H groups in total. The molecule has 4 nitrogen and oxygen atoms in total. The molecule has 1 aliphatic heterocycles. The lowest BCUT2D eigenvalue weighted by atomic mass is 10.0. The number of likely N-dealkylation sites (tertiary alicyclic amines) is 1. The van der Waals surface area contributed by atoms with Crippen molar-refractivity contribution in [1.29, 1.82) is 5.26 Å². The lowest BCUT2D eigenvalue weighted by Gasteiger charge is -2.32. The van der Waals surface area contributed by atoms with Gasteiger partial charge in [-0.3, -0.25) is 9.88 Å². The van der Waals surface area contributed by atoms with Crippen LogP contribution in [0.15, 0.2) is 48.5 Å². The predicted octanol–water partition coefficient (Wildman–Crippen LogP) is 5.11. The Hall–Kier alpha value is -2.61. The average molecular weight is 392 g/mol. The Morgan fingerprint density at radius 1 is 1.18 bits per heavy atom. The van der Waals surface area contributed by atoms with Crippen molar-refractivity contribution in [3.05, 3.63) is 70.4 Å². The minimum atomic E-state index is 0.173. The van der Waals surface area contributed by atoms with Crippen LogP contribution in [0.25, 0.3) is 10.9 Å². The number of rotatable bonds is 4. The van der Waals surface area contributed by atoms with E-state index < -0.39 is 0 Å². The second-order valence-electron chi connectivity index (χ2n) is 7.29. The van der Waals surface area contributed by atoms with Gasteiger partial charge in [0.25, 0.3) is 0 Å². The molecule has 1 aliphatic rings. The molecule has 28 heavy (non-hydrogen) atoms. The number of ether oxygens (including phenoxy) is 1. The molecule has 4 rings (SSSR count). The third kappa shape index (κ3) is 4.11. The highest BCUT2D eigenvalue weighted by Gasteiger charge is 2.22. The quantitative estimate of drug-likeness (QED) is 0.620. The zero-order valence-electron chi connectivity index (χ0n) is 15.9. The van der Waals surface area contributed by atoms with Crippen molar-refractivity contribution in [2.24, 2.45) is 0 Å². The summed E-state index contributed by atoms with van der Waals surface area (Å²) in [4.78, 5) is 6.96. The van der Waals surface area contributed by atoms with E-state index >= 15 is 0 Å². The molecule has 1 fully saturated rings. The van der Waals surface area contributed by atoms with Gasteiger partial charge in [0.1, 0.15) is 11.9 Å². The first-order valence-corrected chi connectivity index (χ1v) is 9.94. The number of aromatic nitrogens is 1. The maximum Gasteiger partial charge on any atom is 0.130 e. The Bertz CT molecular complexity index is 1040. The van der Waals surface area contributed by atoms with Crippen molar-refractivity contribution in [1.82, 2.24) is 9.88 Å². The Morgan fingerprint density at radius 3 is 2.75 bits per heavy atom. The summed E-state index contributed by atoms with van der Waals surface area (Å²) in [6, 6.07) is 17.8. The number of benzene rings is 2. The summed E-state index contributed by atoms with van der Waals surface area (Å²) >= 11 is 6.18. The molecule has 1 saturated heterocycles. The van der Waals surface area contributed by atoms with Crippen LogP contribution < -0.4 is 4.74 Å². The summed E-state index contributed by atoms with van der Waals surface area (Å²) < 4.78 is 6.37. The molecule has 1 aromatic heterocycles. The Morgan fingerprint density at radius 2 is 1.96 bits per heavy atom. The van der Waals surface area contributed by atoms with Gasteiger partial charge in [-0.05, 0) is 49.6 Å². The van der Waals surface area contributed by atoms with E-state index in [9.17, 15) is 5.26 Å². The molecule has 0 unspecified atom stereocenters. The highest BCUT2D eigenvalue weighted by atomic mass is 35.5. The fraction of sp³-hybridized carbons (Fsp3) is 0.304. The Kier molecular flexibility index (Phi) is 5.47. The van der Waals surface area contributed by atoms with E-state index in [2.05, 4.69) is 16.0 Å². The zero-order chi connectivity index (χ0) is 19.5. The molecule has 0 saturated carbocycles. The number of hydrogen-bond acceptors (Lipinski definition) is 4. The maximum atomic E-state index is 9.28. The number of aryl methyl sites for hydroxylation is 1. The van der Waals surface area contributed by atoms with Crippen molar-refractivity contribution in [3.8, 4) is 11.8 Å². The molecule has 2 heterocycles. The van der Waals surface area contributed by atoms with E-state index in [0.717, 1.165) is 65.9 Å². The standard InChI is InChI=1S/C23H22ClN3O/c1-16-12-23(21-13-19(24)6-7-22(21)26-16)28-20-8-10-27(11-9-20)15-18-5-3-2-4-17(18)14-25/h2-7,12-13,20H,8-11,15H2,1H3. The summed E-state index contributed by atoms with van der Waals surface area (Å²) in [6.45, 7) is 4.69. The second-order valence-corrected chi connectivity index (χ2v) is 7.72. The van der Waals surface area contributed by atoms with Crippen LogP contribution in [0.4, 0.5) is 0 Å². The second kappa shape index (κ2) is 8.18. The van der Waals surface area contributed by atoms with Crippen LogP contribution in [0.1, 0.15) is 29.7 Å². The first kappa shape index (κ1) is 18.7. The van der Waals surface area contributed by atoms with Gasteiger partial charge in [0.2, 0.25) is 0 Å². The van der Waals surface area contributed by atoms with Gasteiger partial charge in [-0.25, -0.2) is 0 Å². The van der Waals surface area contributed by atoms with Gasteiger partial charge in [0, 0.05) is 41.8 Å². The number of pyridine rings is 1. The number of piperidine rings is 1. The number of hydrogen-bond donors (Lipinski definition) is 0. The van der Waals surface area contributed by atoms with E-state index in [0.29, 0.717) is 5.02 Å². The van der Waals surface area contributed by atoms with Gasteiger partial charge in [-0.2, -0.15) is 5.26 Å². The molecule has 0 aliphatic carbocycles. The molecular formula is C23H22ClN3O. The van der Waals surface area contributed by atoms with E-state index in [1.807, 2.05) is 55.5 Å². The molecule has 5 heteroatoms. The topological polar surface area (TPSA) is 49.1 Å². The number of nitrogens with zero attached hydrogens (tertiary/aromatic N) is 3. The molecule has 2 aromatic carbocycles. The number of nitriles is 1. The SMILES string of the molecule is Cc1cc(OC2CCN(Cc3ccccc3C#N)CC2)c2cc(Cl)ccc2n1. The summed E-state index contributed by atoms with van der Waals surface area (Å²) in [7, 11) is 0. The molecule has 0 radical (unpaired) electrons. The van der Waals surface area contributed by atoms with Gasteiger partial charge in [0.05, 0.1) is 17.1 Å². The van der Waals surface area contributed by atoms with Gasteiger partial charge in [0.15, 0.2) is 0 Å². The first-order chi connectivity index (χ1) is 13.6. The largest absolute Gasteiger partial charge is 0.490 e.